The van der Waals surface area contributed by atoms with Gasteiger partial charge in [0.2, 0.25) is 0 Å². The third-order valence-corrected chi connectivity index (χ3v) is 8.05. The lowest BCUT2D eigenvalue weighted by molar-refractivity contribution is -0.00308. The minimum Gasteiger partial charge on any atom is -0.346 e. The zero-order chi connectivity index (χ0) is 26.3. The topological polar surface area (TPSA) is 59.1 Å². The molecule has 4 nitrogen and oxygen atoms in total. The van der Waals surface area contributed by atoms with Crippen LogP contribution in [-0.2, 0) is 16.7 Å². The zero-order valence-electron chi connectivity index (χ0n) is 20.4. The van der Waals surface area contributed by atoms with Crippen LogP contribution in [-0.4, -0.2) is 21.6 Å². The molecular weight excluding hydrogens is 497 g/mol. The fourth-order valence-corrected chi connectivity index (χ4v) is 5.85. The minimum atomic E-state index is -3.33. The standard InChI is InChI=1S/C29H25F3N2O2S/c1-17-10-13-22(18(2)14-17)29(31,32)16-34-28(35)26-21-6-3-4-8-23(21)33-15-25(26)37(36)24-9-5-7-20(27(24)30)19-11-12-19/h3-10,13-15,19H,11-12,16H2,1-2H3,(H,34,35). The van der Waals surface area contributed by atoms with Crippen LogP contribution in [0.4, 0.5) is 13.2 Å². The van der Waals surface area contributed by atoms with Gasteiger partial charge in [0.25, 0.3) is 11.8 Å². The van der Waals surface area contributed by atoms with Gasteiger partial charge in [-0.15, -0.1) is 0 Å². The van der Waals surface area contributed by atoms with Crippen LogP contribution in [0.3, 0.4) is 0 Å². The monoisotopic (exact) mass is 522 g/mol. The van der Waals surface area contributed by atoms with E-state index in [4.69, 9.17) is 0 Å². The molecule has 4 aromatic rings. The summed E-state index contributed by atoms with van der Waals surface area (Å²) < 4.78 is 59.1. The molecule has 0 saturated heterocycles. The summed E-state index contributed by atoms with van der Waals surface area (Å²) in [5, 5.41) is 2.67. The molecule has 0 radical (unpaired) electrons. The van der Waals surface area contributed by atoms with Gasteiger partial charge in [-0.3, -0.25) is 9.78 Å². The number of alkyl halides is 2. The lowest BCUT2D eigenvalue weighted by Crippen LogP contribution is -2.36. The van der Waals surface area contributed by atoms with Gasteiger partial charge in [0, 0.05) is 17.1 Å². The second-order valence-electron chi connectivity index (χ2n) is 9.42. The van der Waals surface area contributed by atoms with Crippen molar-refractivity contribution in [3.63, 3.8) is 0 Å². The third-order valence-electron chi connectivity index (χ3n) is 6.62. The van der Waals surface area contributed by atoms with Gasteiger partial charge in [0.1, 0.15) is 5.82 Å². The van der Waals surface area contributed by atoms with E-state index in [1.54, 1.807) is 55.5 Å². The first kappa shape index (κ1) is 25.1. The Labute approximate surface area is 215 Å². The fraction of sp³-hybridized carbons (Fsp3) is 0.241. The van der Waals surface area contributed by atoms with E-state index in [2.05, 4.69) is 10.3 Å². The smallest absolute Gasteiger partial charge is 0.290 e. The van der Waals surface area contributed by atoms with Crippen LogP contribution in [0.2, 0.25) is 0 Å². The molecule has 1 atom stereocenters. The van der Waals surface area contributed by atoms with E-state index < -0.39 is 35.0 Å². The highest BCUT2D eigenvalue weighted by Gasteiger charge is 2.35. The summed E-state index contributed by atoms with van der Waals surface area (Å²) in [7, 11) is -2.10. The van der Waals surface area contributed by atoms with Crippen LogP contribution in [0.1, 0.15) is 51.4 Å². The number of nitrogens with zero attached hydrogens (tertiary/aromatic N) is 1. The summed E-state index contributed by atoms with van der Waals surface area (Å²) >= 11 is 0. The minimum absolute atomic E-state index is 0.0297. The van der Waals surface area contributed by atoms with Crippen LogP contribution >= 0.6 is 0 Å². The van der Waals surface area contributed by atoms with Gasteiger partial charge in [0.05, 0.1) is 38.2 Å². The number of carbonyl (C=O) groups excluding carboxylic acids is 1. The Morgan fingerprint density at radius 3 is 2.54 bits per heavy atom. The number of rotatable bonds is 7. The Morgan fingerprint density at radius 2 is 1.81 bits per heavy atom. The first-order chi connectivity index (χ1) is 17.7. The van der Waals surface area contributed by atoms with Crippen LogP contribution < -0.4 is 5.32 Å². The molecule has 3 aromatic carbocycles. The molecule has 5 rings (SSSR count). The number of aryl methyl sites for hydroxylation is 2. The first-order valence-electron chi connectivity index (χ1n) is 12.0. The van der Waals surface area contributed by atoms with Crippen molar-refractivity contribution in [2.75, 3.05) is 6.54 Å². The average molecular weight is 523 g/mol. The van der Waals surface area contributed by atoms with Crippen LogP contribution in [0.15, 0.2) is 76.7 Å². The van der Waals surface area contributed by atoms with E-state index in [-0.39, 0.29) is 26.8 Å². The molecule has 190 valence electrons. The molecule has 1 aliphatic carbocycles. The highest BCUT2D eigenvalue weighted by molar-refractivity contribution is 7.85. The molecule has 0 spiro atoms. The SMILES string of the molecule is Cc1ccc(C(F)(F)CNC(=O)c2c(S(=O)c3cccc(C4CC4)c3F)cnc3ccccc23)c(C)c1. The predicted octanol–water partition coefficient (Wildman–Crippen LogP) is 6.56. The molecule has 1 amide bonds. The number of pyridine rings is 1. The number of hydrogen-bond donors (Lipinski definition) is 1. The van der Waals surface area contributed by atoms with E-state index in [0.29, 0.717) is 22.0 Å². The van der Waals surface area contributed by atoms with Crippen LogP contribution in [0, 0.1) is 19.7 Å². The van der Waals surface area contributed by atoms with Crippen molar-refractivity contribution in [3.8, 4) is 0 Å². The van der Waals surface area contributed by atoms with E-state index in [1.165, 1.54) is 18.3 Å². The van der Waals surface area contributed by atoms with Crippen LogP contribution in [0.5, 0.6) is 0 Å². The van der Waals surface area contributed by atoms with E-state index in [9.17, 15) is 9.00 Å². The second-order valence-corrected chi connectivity index (χ2v) is 10.8. The highest BCUT2D eigenvalue weighted by atomic mass is 32.2. The summed E-state index contributed by atoms with van der Waals surface area (Å²) in [5.74, 6) is -4.63. The molecule has 1 unspecified atom stereocenters. The molecule has 1 N–H and O–H groups in total. The van der Waals surface area contributed by atoms with E-state index >= 15 is 13.2 Å². The fourth-order valence-electron chi connectivity index (χ4n) is 4.60. The number of fused-ring (bicyclic) bond motifs is 1. The van der Waals surface area contributed by atoms with Crippen molar-refractivity contribution >= 4 is 27.6 Å². The number of aromatic nitrogens is 1. The largest absolute Gasteiger partial charge is 0.346 e. The lowest BCUT2D eigenvalue weighted by atomic mass is 10.00. The van der Waals surface area contributed by atoms with Crippen molar-refractivity contribution < 1.29 is 22.2 Å². The number of para-hydroxylation sites is 1. The summed E-state index contributed by atoms with van der Waals surface area (Å²) in [6.45, 7) is 2.46. The van der Waals surface area contributed by atoms with Gasteiger partial charge >= 0.3 is 0 Å². The quantitative estimate of drug-likeness (QED) is 0.299. The zero-order valence-corrected chi connectivity index (χ0v) is 21.2. The average Bonchev–Trinajstić information content (AvgIpc) is 3.71. The number of nitrogens with one attached hydrogen (secondary N) is 1. The molecule has 1 saturated carbocycles. The van der Waals surface area contributed by atoms with Gasteiger partial charge in [-0.2, -0.15) is 8.78 Å². The van der Waals surface area contributed by atoms with Crippen molar-refractivity contribution in [3.05, 3.63) is 100 Å². The summed E-state index contributed by atoms with van der Waals surface area (Å²) in [5.41, 5.74) is 1.97. The highest BCUT2D eigenvalue weighted by Crippen LogP contribution is 2.42. The number of hydrogen-bond acceptors (Lipinski definition) is 3. The molecule has 0 aliphatic heterocycles. The maximum atomic E-state index is 15.3. The van der Waals surface area contributed by atoms with E-state index in [0.717, 1.165) is 18.4 Å². The summed E-state index contributed by atoms with van der Waals surface area (Å²) in [6, 6.07) is 16.0. The summed E-state index contributed by atoms with van der Waals surface area (Å²) in [4.78, 5) is 17.6. The first-order valence-corrected chi connectivity index (χ1v) is 13.1. The summed E-state index contributed by atoms with van der Waals surface area (Å²) in [6.07, 6.45) is 3.00. The normalized spacial score (nSPS) is 14.5. The number of benzene rings is 3. The van der Waals surface area contributed by atoms with Crippen molar-refractivity contribution in [1.29, 1.82) is 0 Å². The molecule has 1 heterocycles. The number of carbonyl (C=O) groups is 1. The lowest BCUT2D eigenvalue weighted by Gasteiger charge is -2.21. The maximum Gasteiger partial charge on any atom is 0.290 e. The van der Waals surface area contributed by atoms with Gasteiger partial charge in [-0.05, 0) is 55.9 Å². The van der Waals surface area contributed by atoms with E-state index in [1.807, 2.05) is 6.92 Å². The molecule has 1 aromatic heterocycles. The van der Waals surface area contributed by atoms with Crippen molar-refractivity contribution in [2.24, 2.45) is 0 Å². The number of halogens is 3. The molecule has 1 aliphatic rings. The molecule has 0 bridgehead atoms. The maximum absolute atomic E-state index is 15.3. The predicted molar refractivity (Wildman–Crippen MR) is 137 cm³/mol. The number of amides is 1. The molecule has 1 fully saturated rings. The van der Waals surface area contributed by atoms with Gasteiger partial charge < -0.3 is 5.32 Å². The Balaban J connectivity index is 1.52. The van der Waals surface area contributed by atoms with Gasteiger partial charge in [-0.25, -0.2) is 8.60 Å². The Morgan fingerprint density at radius 1 is 1.05 bits per heavy atom. The Hall–Kier alpha value is -3.52. The Kier molecular flexibility index (Phi) is 6.62. The molecule has 8 heteroatoms. The molecular formula is C29H25F3N2O2S. The van der Waals surface area contributed by atoms with Gasteiger partial charge in [0.15, 0.2) is 0 Å². The van der Waals surface area contributed by atoms with Gasteiger partial charge in [-0.1, -0.05) is 54.1 Å². The van der Waals surface area contributed by atoms with Crippen molar-refractivity contribution in [1.82, 2.24) is 10.3 Å². The van der Waals surface area contributed by atoms with Crippen LogP contribution in [0.25, 0.3) is 10.9 Å². The molecule has 37 heavy (non-hydrogen) atoms. The second kappa shape index (κ2) is 9.74. The Bertz CT molecular complexity index is 1550. The third kappa shape index (κ3) is 4.90. The van der Waals surface area contributed by atoms with Crippen molar-refractivity contribution in [2.45, 2.75) is 48.3 Å².